The van der Waals surface area contributed by atoms with Crippen molar-refractivity contribution in [1.82, 2.24) is 10.2 Å². The summed E-state index contributed by atoms with van der Waals surface area (Å²) in [5.41, 5.74) is 2.85. The van der Waals surface area contributed by atoms with Gasteiger partial charge in [0.25, 0.3) is 0 Å². The number of benzene rings is 2. The molecule has 7 heteroatoms. The SMILES string of the molecule is CCc1ccc(CC(=O)Nc2nnc(-c3ccc4c(c3)OCO4)o2)cc1. The molecule has 0 bridgehead atoms. The van der Waals surface area contributed by atoms with Crippen LogP contribution in [0.25, 0.3) is 11.5 Å². The number of aryl methyl sites for hydroxylation is 1. The molecular weight excluding hydrogens is 334 g/mol. The van der Waals surface area contributed by atoms with Crippen molar-refractivity contribution in [3.8, 4) is 23.0 Å². The Morgan fingerprint density at radius 2 is 1.81 bits per heavy atom. The average Bonchev–Trinajstić information content (AvgIpc) is 3.30. The van der Waals surface area contributed by atoms with Crippen LogP contribution in [0.3, 0.4) is 0 Å². The van der Waals surface area contributed by atoms with Crippen LogP contribution in [0, 0.1) is 0 Å². The van der Waals surface area contributed by atoms with Gasteiger partial charge in [0, 0.05) is 5.56 Å². The lowest BCUT2D eigenvalue weighted by Gasteiger charge is -2.02. The first-order chi connectivity index (χ1) is 12.7. The summed E-state index contributed by atoms with van der Waals surface area (Å²) in [5.74, 6) is 1.39. The number of rotatable bonds is 5. The van der Waals surface area contributed by atoms with Crippen molar-refractivity contribution in [2.75, 3.05) is 12.1 Å². The highest BCUT2D eigenvalue weighted by Gasteiger charge is 2.17. The Hall–Kier alpha value is -3.35. The highest BCUT2D eigenvalue weighted by Crippen LogP contribution is 2.35. The minimum atomic E-state index is -0.213. The average molecular weight is 351 g/mol. The van der Waals surface area contributed by atoms with Gasteiger partial charge in [-0.1, -0.05) is 36.3 Å². The fourth-order valence-corrected chi connectivity index (χ4v) is 2.66. The molecule has 0 fully saturated rings. The van der Waals surface area contributed by atoms with Crippen molar-refractivity contribution in [1.29, 1.82) is 0 Å². The number of hydrogen-bond donors (Lipinski definition) is 1. The predicted octanol–water partition coefficient (Wildman–Crippen LogP) is 3.21. The van der Waals surface area contributed by atoms with Gasteiger partial charge in [0.15, 0.2) is 11.5 Å². The van der Waals surface area contributed by atoms with E-state index < -0.39 is 0 Å². The zero-order chi connectivity index (χ0) is 17.9. The molecule has 1 aromatic heterocycles. The fourth-order valence-electron chi connectivity index (χ4n) is 2.66. The number of carbonyl (C=O) groups is 1. The zero-order valence-corrected chi connectivity index (χ0v) is 14.2. The fraction of sp³-hybridized carbons (Fsp3) is 0.211. The molecule has 1 aliphatic rings. The molecular formula is C19H17N3O4. The number of ether oxygens (including phenoxy) is 2. The largest absolute Gasteiger partial charge is 0.454 e. The monoisotopic (exact) mass is 351 g/mol. The summed E-state index contributed by atoms with van der Waals surface area (Å²) in [6, 6.07) is 13.3. The molecule has 2 aromatic carbocycles. The number of nitrogens with zero attached hydrogens (tertiary/aromatic N) is 2. The molecule has 0 saturated carbocycles. The van der Waals surface area contributed by atoms with Gasteiger partial charge in [-0.05, 0) is 35.7 Å². The second kappa shape index (κ2) is 6.87. The van der Waals surface area contributed by atoms with Crippen LogP contribution in [0.2, 0.25) is 0 Å². The molecule has 0 spiro atoms. The lowest BCUT2D eigenvalue weighted by atomic mass is 10.1. The van der Waals surface area contributed by atoms with E-state index in [0.29, 0.717) is 23.0 Å². The van der Waals surface area contributed by atoms with Crippen LogP contribution in [0.5, 0.6) is 11.5 Å². The van der Waals surface area contributed by atoms with Gasteiger partial charge in [0.2, 0.25) is 18.6 Å². The van der Waals surface area contributed by atoms with Crippen LogP contribution in [-0.4, -0.2) is 22.9 Å². The molecule has 7 nitrogen and oxygen atoms in total. The summed E-state index contributed by atoms with van der Waals surface area (Å²) in [7, 11) is 0. The molecule has 0 radical (unpaired) electrons. The summed E-state index contributed by atoms with van der Waals surface area (Å²) in [5, 5.41) is 10.5. The van der Waals surface area contributed by atoms with Gasteiger partial charge >= 0.3 is 6.01 Å². The maximum atomic E-state index is 12.2. The van der Waals surface area contributed by atoms with E-state index in [1.54, 1.807) is 18.2 Å². The van der Waals surface area contributed by atoms with E-state index in [-0.39, 0.29) is 25.1 Å². The van der Waals surface area contributed by atoms with Gasteiger partial charge in [0.05, 0.1) is 6.42 Å². The van der Waals surface area contributed by atoms with E-state index in [1.807, 2.05) is 24.3 Å². The number of anilines is 1. The molecule has 1 N–H and O–H groups in total. The molecule has 0 aliphatic carbocycles. The van der Waals surface area contributed by atoms with E-state index in [0.717, 1.165) is 12.0 Å². The first-order valence-corrected chi connectivity index (χ1v) is 8.32. The van der Waals surface area contributed by atoms with Gasteiger partial charge in [0.1, 0.15) is 0 Å². The lowest BCUT2D eigenvalue weighted by Crippen LogP contribution is -2.14. The third-order valence-corrected chi connectivity index (χ3v) is 4.09. The lowest BCUT2D eigenvalue weighted by molar-refractivity contribution is -0.115. The molecule has 0 unspecified atom stereocenters. The Bertz CT molecular complexity index is 934. The Morgan fingerprint density at radius 3 is 2.62 bits per heavy atom. The number of aromatic nitrogens is 2. The molecule has 0 atom stereocenters. The summed E-state index contributed by atoms with van der Waals surface area (Å²) in [6.45, 7) is 2.29. The number of fused-ring (bicyclic) bond motifs is 1. The standard InChI is InChI=1S/C19H17N3O4/c1-2-12-3-5-13(6-4-12)9-17(23)20-19-22-21-18(26-19)14-7-8-15-16(10-14)25-11-24-15/h3-8,10H,2,9,11H2,1H3,(H,20,22,23). The highest BCUT2D eigenvalue weighted by molar-refractivity contribution is 5.90. The van der Waals surface area contributed by atoms with E-state index in [4.69, 9.17) is 13.9 Å². The van der Waals surface area contributed by atoms with Crippen LogP contribution in [0.4, 0.5) is 6.01 Å². The van der Waals surface area contributed by atoms with E-state index in [9.17, 15) is 4.79 Å². The van der Waals surface area contributed by atoms with Gasteiger partial charge in [-0.3, -0.25) is 10.1 Å². The Labute approximate surface area is 150 Å². The molecule has 1 aliphatic heterocycles. The minimum absolute atomic E-state index is 0.0628. The first-order valence-electron chi connectivity index (χ1n) is 8.32. The molecule has 3 aromatic rings. The Kier molecular flexibility index (Phi) is 4.27. The number of carbonyl (C=O) groups excluding carboxylic acids is 1. The van der Waals surface area contributed by atoms with E-state index in [1.165, 1.54) is 5.56 Å². The molecule has 26 heavy (non-hydrogen) atoms. The van der Waals surface area contributed by atoms with Gasteiger partial charge in [-0.15, -0.1) is 5.10 Å². The van der Waals surface area contributed by atoms with Crippen LogP contribution < -0.4 is 14.8 Å². The van der Waals surface area contributed by atoms with Crippen molar-refractivity contribution in [2.24, 2.45) is 0 Å². The maximum absolute atomic E-state index is 12.2. The molecule has 1 amide bonds. The topological polar surface area (TPSA) is 86.5 Å². The van der Waals surface area contributed by atoms with Crippen molar-refractivity contribution in [2.45, 2.75) is 19.8 Å². The highest BCUT2D eigenvalue weighted by atomic mass is 16.7. The maximum Gasteiger partial charge on any atom is 0.322 e. The van der Waals surface area contributed by atoms with Crippen LogP contribution in [0.15, 0.2) is 46.9 Å². The molecule has 2 heterocycles. The Morgan fingerprint density at radius 1 is 1.04 bits per heavy atom. The number of amides is 1. The van der Waals surface area contributed by atoms with Crippen molar-refractivity contribution >= 4 is 11.9 Å². The van der Waals surface area contributed by atoms with E-state index >= 15 is 0 Å². The molecule has 0 saturated heterocycles. The van der Waals surface area contributed by atoms with Crippen molar-refractivity contribution < 1.29 is 18.7 Å². The van der Waals surface area contributed by atoms with Crippen LogP contribution >= 0.6 is 0 Å². The zero-order valence-electron chi connectivity index (χ0n) is 14.2. The van der Waals surface area contributed by atoms with E-state index in [2.05, 4.69) is 22.4 Å². The van der Waals surface area contributed by atoms with Gasteiger partial charge in [-0.2, -0.15) is 0 Å². The molecule has 4 rings (SSSR count). The quantitative estimate of drug-likeness (QED) is 0.759. The second-order valence-corrected chi connectivity index (χ2v) is 5.88. The van der Waals surface area contributed by atoms with Gasteiger partial charge in [-0.25, -0.2) is 0 Å². The third-order valence-electron chi connectivity index (χ3n) is 4.09. The summed E-state index contributed by atoms with van der Waals surface area (Å²) >= 11 is 0. The Balaban J connectivity index is 1.42. The van der Waals surface area contributed by atoms with Crippen LogP contribution in [-0.2, 0) is 17.6 Å². The minimum Gasteiger partial charge on any atom is -0.454 e. The normalized spacial score (nSPS) is 12.2. The third kappa shape index (κ3) is 3.37. The number of hydrogen-bond acceptors (Lipinski definition) is 6. The van der Waals surface area contributed by atoms with Crippen molar-refractivity contribution in [3.63, 3.8) is 0 Å². The molecule has 132 valence electrons. The first kappa shape index (κ1) is 16.1. The summed E-state index contributed by atoms with van der Waals surface area (Å²) in [4.78, 5) is 12.2. The van der Waals surface area contributed by atoms with Crippen molar-refractivity contribution in [3.05, 3.63) is 53.6 Å². The second-order valence-electron chi connectivity index (χ2n) is 5.88. The summed E-state index contributed by atoms with van der Waals surface area (Å²) in [6.07, 6.45) is 1.21. The predicted molar refractivity (Wildman–Crippen MR) is 94.0 cm³/mol. The summed E-state index contributed by atoms with van der Waals surface area (Å²) < 4.78 is 16.1. The van der Waals surface area contributed by atoms with Crippen LogP contribution in [0.1, 0.15) is 18.1 Å². The van der Waals surface area contributed by atoms with Gasteiger partial charge < -0.3 is 13.9 Å². The number of nitrogens with one attached hydrogen (secondary N) is 1. The smallest absolute Gasteiger partial charge is 0.322 e.